The zero-order valence-electron chi connectivity index (χ0n) is 11.2. The van der Waals surface area contributed by atoms with E-state index in [0.29, 0.717) is 0 Å². The van der Waals surface area contributed by atoms with Crippen LogP contribution in [0.5, 0.6) is 0 Å². The molecule has 0 fully saturated rings. The van der Waals surface area contributed by atoms with E-state index in [0.717, 1.165) is 12.0 Å². The minimum absolute atomic E-state index is 0.176. The highest BCUT2D eigenvalue weighted by Gasteiger charge is 2.10. The van der Waals surface area contributed by atoms with Gasteiger partial charge in [-0.15, -0.1) is 11.8 Å². The van der Waals surface area contributed by atoms with E-state index < -0.39 is 0 Å². The van der Waals surface area contributed by atoms with Crippen LogP contribution < -0.4 is 5.32 Å². The number of rotatable bonds is 5. The first-order valence-corrected chi connectivity index (χ1v) is 7.51. The summed E-state index contributed by atoms with van der Waals surface area (Å²) in [5.74, 6) is -0.176. The molecule has 0 spiro atoms. The Balaban J connectivity index is 2.15. The predicted molar refractivity (Wildman–Crippen MR) is 80.1 cm³/mol. The van der Waals surface area contributed by atoms with Crippen molar-refractivity contribution in [1.82, 2.24) is 5.32 Å². The van der Waals surface area contributed by atoms with Crippen LogP contribution in [0.2, 0.25) is 0 Å². The van der Waals surface area contributed by atoms with E-state index in [1.807, 2.05) is 13.1 Å². The van der Waals surface area contributed by atoms with Crippen LogP contribution in [0.3, 0.4) is 0 Å². The van der Waals surface area contributed by atoms with Gasteiger partial charge in [0.05, 0.1) is 0 Å². The number of thioether (sulfide) groups is 1. The van der Waals surface area contributed by atoms with Gasteiger partial charge < -0.3 is 5.32 Å². The molecule has 2 rings (SSSR count). The average molecular weight is 275 g/mol. The highest BCUT2D eigenvalue weighted by Crippen LogP contribution is 2.22. The molecule has 0 heterocycles. The van der Waals surface area contributed by atoms with E-state index in [2.05, 4.69) is 35.8 Å². The van der Waals surface area contributed by atoms with Crippen molar-refractivity contribution in [3.8, 4) is 0 Å². The quantitative estimate of drug-likeness (QED) is 0.826. The number of hydrogen-bond acceptors (Lipinski definition) is 2. The predicted octanol–water partition coefficient (Wildman–Crippen LogP) is 4.05. The Hall–Kier alpha value is -1.32. The van der Waals surface area contributed by atoms with Gasteiger partial charge in [-0.25, -0.2) is 4.39 Å². The first-order valence-electron chi connectivity index (χ1n) is 6.28. The maximum Gasteiger partial charge on any atom is 0.123 e. The van der Waals surface area contributed by atoms with E-state index >= 15 is 0 Å². The number of likely N-dealkylation sites (N-methyl/N-ethyl adjacent to an activating group) is 1. The Morgan fingerprint density at radius 2 is 1.89 bits per heavy atom. The molecule has 1 atom stereocenters. The fourth-order valence-corrected chi connectivity index (χ4v) is 2.53. The van der Waals surface area contributed by atoms with Crippen molar-refractivity contribution >= 4 is 11.8 Å². The molecule has 1 N–H and O–H groups in total. The fourth-order valence-electron chi connectivity index (χ4n) is 2.12. The maximum absolute atomic E-state index is 13.2. The van der Waals surface area contributed by atoms with Crippen molar-refractivity contribution < 1.29 is 4.39 Å². The summed E-state index contributed by atoms with van der Waals surface area (Å²) in [6.07, 6.45) is 2.85. The van der Waals surface area contributed by atoms with Crippen LogP contribution >= 0.6 is 11.8 Å². The Morgan fingerprint density at radius 3 is 2.47 bits per heavy atom. The Labute approximate surface area is 118 Å². The topological polar surface area (TPSA) is 12.0 Å². The van der Waals surface area contributed by atoms with Gasteiger partial charge in [-0.05, 0) is 55.1 Å². The van der Waals surface area contributed by atoms with Crippen molar-refractivity contribution in [3.63, 3.8) is 0 Å². The Kier molecular flexibility index (Phi) is 5.00. The summed E-state index contributed by atoms with van der Waals surface area (Å²) >= 11 is 1.73. The van der Waals surface area contributed by atoms with Gasteiger partial charge in [0.1, 0.15) is 5.82 Å². The van der Waals surface area contributed by atoms with Crippen LogP contribution in [0.4, 0.5) is 4.39 Å². The second-order valence-electron chi connectivity index (χ2n) is 4.45. The van der Waals surface area contributed by atoms with Crippen molar-refractivity contribution in [2.45, 2.75) is 17.4 Å². The maximum atomic E-state index is 13.2. The van der Waals surface area contributed by atoms with Crippen molar-refractivity contribution in [2.24, 2.45) is 0 Å². The molecule has 100 valence electrons. The minimum atomic E-state index is -0.176. The molecule has 0 saturated carbocycles. The van der Waals surface area contributed by atoms with Crippen LogP contribution in [0.1, 0.15) is 17.2 Å². The molecule has 0 amide bonds. The lowest BCUT2D eigenvalue weighted by Crippen LogP contribution is -2.18. The lowest BCUT2D eigenvalue weighted by atomic mass is 9.99. The third kappa shape index (κ3) is 3.82. The van der Waals surface area contributed by atoms with Crippen LogP contribution in [0, 0.1) is 5.82 Å². The molecule has 0 aromatic heterocycles. The summed E-state index contributed by atoms with van der Waals surface area (Å²) in [4.78, 5) is 1.25. The van der Waals surface area contributed by atoms with E-state index in [1.54, 1.807) is 23.9 Å². The highest BCUT2D eigenvalue weighted by molar-refractivity contribution is 7.98. The van der Waals surface area contributed by atoms with Gasteiger partial charge in [-0.2, -0.15) is 0 Å². The van der Waals surface area contributed by atoms with Crippen LogP contribution in [-0.4, -0.2) is 13.3 Å². The largest absolute Gasteiger partial charge is 0.313 e. The summed E-state index contributed by atoms with van der Waals surface area (Å²) in [5.41, 5.74) is 2.23. The van der Waals surface area contributed by atoms with Crippen molar-refractivity contribution in [1.29, 1.82) is 0 Å². The molecule has 0 aliphatic carbocycles. The molecule has 0 aliphatic heterocycles. The Bertz CT molecular complexity index is 525. The van der Waals surface area contributed by atoms with E-state index in [9.17, 15) is 4.39 Å². The van der Waals surface area contributed by atoms with Gasteiger partial charge in [0, 0.05) is 10.9 Å². The molecule has 0 radical (unpaired) electrons. The molecule has 1 nitrogen and oxygen atoms in total. The van der Waals surface area contributed by atoms with E-state index in [-0.39, 0.29) is 11.9 Å². The zero-order chi connectivity index (χ0) is 13.7. The smallest absolute Gasteiger partial charge is 0.123 e. The van der Waals surface area contributed by atoms with E-state index in [1.165, 1.54) is 16.5 Å². The molecule has 2 aromatic carbocycles. The van der Waals surface area contributed by atoms with E-state index in [4.69, 9.17) is 0 Å². The standard InChI is InChI=1S/C16H18FNS/c1-18-16(11-12-4-3-5-14(17)10-12)13-6-8-15(19-2)9-7-13/h3-10,16,18H,11H2,1-2H3. The fraction of sp³-hybridized carbons (Fsp3) is 0.250. The lowest BCUT2D eigenvalue weighted by molar-refractivity contribution is 0.584. The van der Waals surface area contributed by atoms with Crippen molar-refractivity contribution in [2.75, 3.05) is 13.3 Å². The SMILES string of the molecule is CNC(Cc1cccc(F)c1)c1ccc(SC)cc1. The van der Waals surface area contributed by atoms with Gasteiger partial charge >= 0.3 is 0 Å². The molecule has 2 aromatic rings. The first-order chi connectivity index (χ1) is 9.22. The minimum Gasteiger partial charge on any atom is -0.313 e. The van der Waals surface area contributed by atoms with Gasteiger partial charge in [0.2, 0.25) is 0 Å². The van der Waals surface area contributed by atoms with Crippen LogP contribution in [-0.2, 0) is 6.42 Å². The summed E-state index contributed by atoms with van der Waals surface area (Å²) in [5, 5.41) is 3.29. The second kappa shape index (κ2) is 6.73. The van der Waals surface area contributed by atoms with Gasteiger partial charge in [0.25, 0.3) is 0 Å². The summed E-state index contributed by atoms with van der Waals surface area (Å²) < 4.78 is 13.2. The second-order valence-corrected chi connectivity index (χ2v) is 5.33. The summed E-state index contributed by atoms with van der Waals surface area (Å²) in [7, 11) is 1.94. The number of halogens is 1. The molecule has 1 unspecified atom stereocenters. The summed E-state index contributed by atoms with van der Waals surface area (Å²) in [6.45, 7) is 0. The Morgan fingerprint density at radius 1 is 1.16 bits per heavy atom. The van der Waals surface area contributed by atoms with Crippen LogP contribution in [0.15, 0.2) is 53.4 Å². The monoisotopic (exact) mass is 275 g/mol. The van der Waals surface area contributed by atoms with Crippen LogP contribution in [0.25, 0.3) is 0 Å². The molecule has 0 bridgehead atoms. The highest BCUT2D eigenvalue weighted by atomic mass is 32.2. The molecular formula is C16H18FNS. The zero-order valence-corrected chi connectivity index (χ0v) is 12.0. The number of benzene rings is 2. The average Bonchev–Trinajstić information content (AvgIpc) is 2.45. The van der Waals surface area contributed by atoms with Gasteiger partial charge in [-0.1, -0.05) is 24.3 Å². The first kappa shape index (κ1) is 14.1. The molecule has 19 heavy (non-hydrogen) atoms. The normalized spacial score (nSPS) is 12.4. The molecule has 0 saturated heterocycles. The lowest BCUT2D eigenvalue weighted by Gasteiger charge is -2.17. The molecular weight excluding hydrogens is 257 g/mol. The third-order valence-corrected chi connectivity index (χ3v) is 3.94. The molecule has 3 heteroatoms. The van der Waals surface area contributed by atoms with Gasteiger partial charge in [-0.3, -0.25) is 0 Å². The molecule has 0 aliphatic rings. The summed E-state index contributed by atoms with van der Waals surface area (Å²) in [6, 6.07) is 15.5. The number of hydrogen-bond donors (Lipinski definition) is 1. The third-order valence-electron chi connectivity index (χ3n) is 3.20. The van der Waals surface area contributed by atoms with Crippen molar-refractivity contribution in [3.05, 3.63) is 65.5 Å². The van der Waals surface area contributed by atoms with Gasteiger partial charge in [0.15, 0.2) is 0 Å². The number of nitrogens with one attached hydrogen (secondary N) is 1.